The molecule has 0 bridgehead atoms. The average Bonchev–Trinajstić information content (AvgIpc) is 3.27. The normalized spacial score (nSPS) is 14.4. The number of rotatable bonds is 5. The lowest BCUT2D eigenvalue weighted by Gasteiger charge is -2.07. The molecule has 1 aliphatic carbocycles. The fourth-order valence-electron chi connectivity index (χ4n) is 1.95. The third-order valence-corrected chi connectivity index (χ3v) is 4.33. The Morgan fingerprint density at radius 1 is 0.952 bits per heavy atom. The zero-order chi connectivity index (χ0) is 14.8. The van der Waals surface area contributed by atoms with Crippen LogP contribution in [0, 0.1) is 17.5 Å². The van der Waals surface area contributed by atoms with Crippen LogP contribution in [0.15, 0.2) is 46.2 Å². The minimum absolute atomic E-state index is 0.347. The van der Waals surface area contributed by atoms with E-state index in [0.29, 0.717) is 22.4 Å². The average molecular weight is 309 g/mol. The summed E-state index contributed by atoms with van der Waals surface area (Å²) in [4.78, 5) is 0.868. The highest BCUT2D eigenvalue weighted by Gasteiger charge is 2.20. The van der Waals surface area contributed by atoms with Gasteiger partial charge in [0.05, 0.1) is 0 Å². The second-order valence-corrected chi connectivity index (χ2v) is 6.21. The van der Waals surface area contributed by atoms with Crippen molar-refractivity contribution < 1.29 is 13.2 Å². The summed E-state index contributed by atoms with van der Waals surface area (Å²) in [6.45, 7) is 0.651. The molecule has 0 unspecified atom stereocenters. The van der Waals surface area contributed by atoms with Gasteiger partial charge in [0, 0.05) is 22.4 Å². The van der Waals surface area contributed by atoms with Crippen LogP contribution in [-0.4, -0.2) is 6.04 Å². The highest BCUT2D eigenvalue weighted by atomic mass is 32.2. The first-order valence-corrected chi connectivity index (χ1v) is 7.58. The van der Waals surface area contributed by atoms with Crippen molar-refractivity contribution in [3.63, 3.8) is 0 Å². The summed E-state index contributed by atoms with van der Waals surface area (Å²) in [5.41, 5.74) is 0.883. The van der Waals surface area contributed by atoms with Gasteiger partial charge in [-0.3, -0.25) is 0 Å². The largest absolute Gasteiger partial charge is 0.310 e. The highest BCUT2D eigenvalue weighted by molar-refractivity contribution is 7.99. The molecule has 5 heteroatoms. The van der Waals surface area contributed by atoms with Crippen molar-refractivity contribution in [2.24, 2.45) is 0 Å². The van der Waals surface area contributed by atoms with Gasteiger partial charge in [0.25, 0.3) is 0 Å². The SMILES string of the molecule is Fc1ccc(Sc2ccc(CNC3CC3)cc2F)cc1F. The Bertz CT molecular complexity index is 656. The molecule has 0 amide bonds. The van der Waals surface area contributed by atoms with Crippen LogP contribution in [0.3, 0.4) is 0 Å². The van der Waals surface area contributed by atoms with Crippen molar-refractivity contribution in [3.8, 4) is 0 Å². The molecule has 21 heavy (non-hydrogen) atoms. The summed E-state index contributed by atoms with van der Waals surface area (Å²) in [6, 6.07) is 9.13. The van der Waals surface area contributed by atoms with Gasteiger partial charge in [0.2, 0.25) is 0 Å². The summed E-state index contributed by atoms with van der Waals surface area (Å²) in [5, 5.41) is 3.32. The van der Waals surface area contributed by atoms with Gasteiger partial charge in [0.15, 0.2) is 11.6 Å². The van der Waals surface area contributed by atoms with Crippen LogP contribution in [0.2, 0.25) is 0 Å². The summed E-state index contributed by atoms with van der Waals surface area (Å²) in [5.74, 6) is -2.17. The fourth-order valence-corrected chi connectivity index (χ4v) is 2.80. The zero-order valence-corrected chi connectivity index (χ0v) is 12.0. The Morgan fingerprint density at radius 3 is 2.43 bits per heavy atom. The molecular formula is C16H14F3NS. The first kappa shape index (κ1) is 14.5. The van der Waals surface area contributed by atoms with E-state index in [1.165, 1.54) is 25.0 Å². The lowest BCUT2D eigenvalue weighted by Crippen LogP contribution is -2.15. The van der Waals surface area contributed by atoms with Gasteiger partial charge in [0.1, 0.15) is 5.82 Å². The Balaban J connectivity index is 1.70. The Morgan fingerprint density at radius 2 is 1.76 bits per heavy atom. The summed E-state index contributed by atoms with van der Waals surface area (Å²) >= 11 is 1.08. The van der Waals surface area contributed by atoms with E-state index in [0.717, 1.165) is 29.5 Å². The topological polar surface area (TPSA) is 12.0 Å². The first-order valence-electron chi connectivity index (χ1n) is 6.76. The van der Waals surface area contributed by atoms with Crippen LogP contribution < -0.4 is 5.32 Å². The molecule has 0 spiro atoms. The van der Waals surface area contributed by atoms with Crippen molar-refractivity contribution in [1.29, 1.82) is 0 Å². The molecule has 1 saturated carbocycles. The standard InChI is InChI=1S/C16H14F3NS/c17-13-5-4-12(8-14(13)18)21-16-6-1-10(7-15(16)19)9-20-11-2-3-11/h1,4-8,11,20H,2-3,9H2. The predicted molar refractivity (Wildman–Crippen MR) is 76.7 cm³/mol. The zero-order valence-electron chi connectivity index (χ0n) is 11.2. The molecule has 1 nitrogen and oxygen atoms in total. The molecule has 3 rings (SSSR count). The van der Waals surface area contributed by atoms with Crippen LogP contribution >= 0.6 is 11.8 Å². The molecule has 0 aromatic heterocycles. The second-order valence-electron chi connectivity index (χ2n) is 5.10. The van der Waals surface area contributed by atoms with Gasteiger partial charge in [-0.15, -0.1) is 0 Å². The van der Waals surface area contributed by atoms with Crippen molar-refractivity contribution in [2.75, 3.05) is 0 Å². The van der Waals surface area contributed by atoms with Gasteiger partial charge < -0.3 is 5.32 Å². The van der Waals surface area contributed by atoms with E-state index in [1.807, 2.05) is 6.07 Å². The molecule has 0 saturated heterocycles. The number of nitrogens with one attached hydrogen (secondary N) is 1. The highest BCUT2D eigenvalue weighted by Crippen LogP contribution is 2.31. The van der Waals surface area contributed by atoms with Crippen LogP contribution in [0.25, 0.3) is 0 Å². The van der Waals surface area contributed by atoms with Crippen molar-refractivity contribution in [3.05, 3.63) is 59.4 Å². The Labute approximate surface area is 125 Å². The first-order chi connectivity index (χ1) is 10.1. The maximum Gasteiger partial charge on any atom is 0.159 e. The maximum atomic E-state index is 14.0. The predicted octanol–water partition coefficient (Wildman–Crippen LogP) is 4.51. The molecule has 2 aromatic rings. The summed E-state index contributed by atoms with van der Waals surface area (Å²) in [6.07, 6.45) is 2.37. The fraction of sp³-hybridized carbons (Fsp3) is 0.250. The van der Waals surface area contributed by atoms with Crippen LogP contribution in [0.5, 0.6) is 0 Å². The number of benzene rings is 2. The molecule has 0 aliphatic heterocycles. The third kappa shape index (κ3) is 3.80. The molecule has 1 N–H and O–H groups in total. The molecular weight excluding hydrogens is 295 g/mol. The van der Waals surface area contributed by atoms with Gasteiger partial charge >= 0.3 is 0 Å². The van der Waals surface area contributed by atoms with Gasteiger partial charge in [-0.05, 0) is 48.7 Å². The van der Waals surface area contributed by atoms with Gasteiger partial charge in [-0.2, -0.15) is 0 Å². The quantitative estimate of drug-likeness (QED) is 0.872. The molecule has 2 aromatic carbocycles. The van der Waals surface area contributed by atoms with Gasteiger partial charge in [-0.1, -0.05) is 17.8 Å². The van der Waals surface area contributed by atoms with Crippen LogP contribution in [-0.2, 0) is 6.54 Å². The van der Waals surface area contributed by atoms with Crippen molar-refractivity contribution >= 4 is 11.8 Å². The van der Waals surface area contributed by atoms with Crippen molar-refractivity contribution in [1.82, 2.24) is 5.32 Å². The van der Waals surface area contributed by atoms with E-state index in [9.17, 15) is 13.2 Å². The minimum atomic E-state index is -0.925. The smallest absolute Gasteiger partial charge is 0.159 e. The van der Waals surface area contributed by atoms with Gasteiger partial charge in [-0.25, -0.2) is 13.2 Å². The molecule has 110 valence electrons. The summed E-state index contributed by atoms with van der Waals surface area (Å²) in [7, 11) is 0. The van der Waals surface area contributed by atoms with E-state index in [1.54, 1.807) is 6.07 Å². The molecule has 1 fully saturated rings. The van der Waals surface area contributed by atoms with E-state index in [4.69, 9.17) is 0 Å². The van der Waals surface area contributed by atoms with Crippen molar-refractivity contribution in [2.45, 2.75) is 35.2 Å². The minimum Gasteiger partial charge on any atom is -0.310 e. The van der Waals surface area contributed by atoms with Crippen LogP contribution in [0.1, 0.15) is 18.4 Å². The maximum absolute atomic E-state index is 14.0. The number of hydrogen-bond acceptors (Lipinski definition) is 2. The molecule has 0 atom stereocenters. The monoisotopic (exact) mass is 309 g/mol. The Kier molecular flexibility index (Phi) is 4.22. The van der Waals surface area contributed by atoms with E-state index < -0.39 is 11.6 Å². The third-order valence-electron chi connectivity index (χ3n) is 3.29. The molecule has 0 radical (unpaired) electrons. The number of halogens is 3. The van der Waals surface area contributed by atoms with E-state index in [2.05, 4.69) is 5.32 Å². The van der Waals surface area contributed by atoms with E-state index >= 15 is 0 Å². The molecule has 0 heterocycles. The second kappa shape index (κ2) is 6.12. The summed E-state index contributed by atoms with van der Waals surface area (Å²) < 4.78 is 40.0. The lowest BCUT2D eigenvalue weighted by atomic mass is 10.2. The Hall–Kier alpha value is -1.46. The lowest BCUT2D eigenvalue weighted by molar-refractivity contribution is 0.506. The van der Waals surface area contributed by atoms with Crippen LogP contribution in [0.4, 0.5) is 13.2 Å². The number of hydrogen-bond donors (Lipinski definition) is 1. The van der Waals surface area contributed by atoms with E-state index in [-0.39, 0.29) is 5.82 Å². The molecule has 1 aliphatic rings.